The van der Waals surface area contributed by atoms with E-state index in [-0.39, 0.29) is 0 Å². The lowest BCUT2D eigenvalue weighted by Crippen LogP contribution is -2.26. The van der Waals surface area contributed by atoms with Crippen LogP contribution < -0.4 is 0 Å². The molecular weight excluding hydrogens is 161 g/mol. The van der Waals surface area contributed by atoms with E-state index in [2.05, 4.69) is 4.74 Å². The third-order valence-corrected chi connectivity index (χ3v) is 1.26. The number of alkyl halides is 2. The molecule has 0 aliphatic rings. The lowest BCUT2D eigenvalue weighted by Gasteiger charge is -2.06. The first-order valence-corrected chi connectivity index (χ1v) is 3.07. The van der Waals surface area contributed by atoms with Gasteiger partial charge in [-0.25, -0.2) is 0 Å². The maximum Gasteiger partial charge on any atom is 0.492 e. The Morgan fingerprint density at radius 1 is 1.44 bits per heavy atom. The number of hydrogen-bond donors (Lipinski definition) is 0. The van der Waals surface area contributed by atoms with E-state index in [1.807, 2.05) is 0 Å². The monoisotopic (exact) mass is 164 g/mol. The van der Waals surface area contributed by atoms with Gasteiger partial charge in [0.05, 0.1) is 0 Å². The minimum Gasteiger partial charge on any atom is -0.309 e. The van der Waals surface area contributed by atoms with Gasteiger partial charge in [0.15, 0.2) is 0 Å². The summed E-state index contributed by atoms with van der Waals surface area (Å²) >= 11 is 0. The Labute approximate surface area is 49.6 Å². The zero-order valence-corrected chi connectivity index (χ0v) is 5.08. The van der Waals surface area contributed by atoms with Gasteiger partial charge in [-0.1, -0.05) is 3.89 Å². The first kappa shape index (κ1) is 8.70. The Morgan fingerprint density at radius 3 is 1.78 bits per heavy atom. The molecule has 0 amide bonds. The van der Waals surface area contributed by atoms with E-state index in [0.717, 1.165) is 0 Å². The summed E-state index contributed by atoms with van der Waals surface area (Å²) in [6, 6.07) is 0. The van der Waals surface area contributed by atoms with Crippen molar-refractivity contribution >= 4 is 10.2 Å². The highest BCUT2D eigenvalue weighted by molar-refractivity contribution is 7.87. The molecule has 0 aliphatic heterocycles. The number of rotatable bonds is 2. The average molecular weight is 164 g/mol. The highest BCUT2D eigenvalue weighted by Gasteiger charge is 2.46. The van der Waals surface area contributed by atoms with Gasteiger partial charge >= 0.3 is 15.7 Å². The summed E-state index contributed by atoms with van der Waals surface area (Å²) in [7, 11) is -5.52. The highest BCUT2D eigenvalue weighted by atomic mass is 32.3. The van der Waals surface area contributed by atoms with Gasteiger partial charge in [0.1, 0.15) is 0 Å². The van der Waals surface area contributed by atoms with Crippen LogP contribution in [0.5, 0.6) is 0 Å². The molecule has 0 aromatic heterocycles. The molecule has 0 aromatic carbocycles. The van der Waals surface area contributed by atoms with Gasteiger partial charge in [0.2, 0.25) is 0 Å². The number of ether oxygens (including phenoxy) is 1. The first-order valence-electron chi connectivity index (χ1n) is 1.68. The van der Waals surface area contributed by atoms with Crippen LogP contribution in [-0.2, 0) is 15.0 Å². The minimum absolute atomic E-state index is 0.386. The molecule has 0 spiro atoms. The molecule has 0 rings (SSSR count). The summed E-state index contributed by atoms with van der Waals surface area (Å²) in [6.45, 7) is 0. The van der Waals surface area contributed by atoms with E-state index in [4.69, 9.17) is 0 Å². The Hall–Kier alpha value is -0.300. The van der Waals surface area contributed by atoms with E-state index in [9.17, 15) is 21.1 Å². The van der Waals surface area contributed by atoms with Crippen molar-refractivity contribution in [1.29, 1.82) is 0 Å². The zero-order chi connectivity index (χ0) is 7.71. The number of methoxy groups -OCH3 is 1. The summed E-state index contributed by atoms with van der Waals surface area (Å²) in [4.78, 5) is 0. The second-order valence-corrected chi connectivity index (χ2v) is 2.46. The lowest BCUT2D eigenvalue weighted by molar-refractivity contribution is -0.151. The van der Waals surface area contributed by atoms with Gasteiger partial charge in [-0.2, -0.15) is 17.2 Å². The molecule has 0 N–H and O–H groups in total. The molecule has 0 aliphatic carbocycles. The molecule has 0 bridgehead atoms. The van der Waals surface area contributed by atoms with Crippen molar-refractivity contribution in [3.63, 3.8) is 0 Å². The molecule has 56 valence electrons. The van der Waals surface area contributed by atoms with E-state index < -0.39 is 15.7 Å². The topological polar surface area (TPSA) is 43.4 Å². The van der Waals surface area contributed by atoms with Gasteiger partial charge in [-0.05, 0) is 0 Å². The van der Waals surface area contributed by atoms with Crippen molar-refractivity contribution in [3.8, 4) is 0 Å². The summed E-state index contributed by atoms with van der Waals surface area (Å²) in [5.74, 6) is 0. The fourth-order valence-electron chi connectivity index (χ4n) is 0.0995. The molecular formula is C2H3F3O3S. The molecule has 3 nitrogen and oxygen atoms in total. The van der Waals surface area contributed by atoms with E-state index in [1.165, 1.54) is 0 Å². The fourth-order valence-corrected chi connectivity index (χ4v) is 0.299. The molecule has 0 unspecified atom stereocenters. The summed E-state index contributed by atoms with van der Waals surface area (Å²) in [6.07, 6.45) is 0. The smallest absolute Gasteiger partial charge is 0.309 e. The zero-order valence-electron chi connectivity index (χ0n) is 4.27. The summed E-state index contributed by atoms with van der Waals surface area (Å²) in [5, 5.41) is 0. The van der Waals surface area contributed by atoms with Crippen LogP contribution in [0.1, 0.15) is 0 Å². The molecule has 0 atom stereocenters. The Bertz CT molecular complexity index is 183. The Morgan fingerprint density at radius 2 is 1.78 bits per heavy atom. The molecule has 9 heavy (non-hydrogen) atoms. The third kappa shape index (κ3) is 1.83. The number of halogens is 3. The van der Waals surface area contributed by atoms with Crippen molar-refractivity contribution in [2.45, 2.75) is 5.44 Å². The molecule has 0 saturated carbocycles. The van der Waals surface area contributed by atoms with Gasteiger partial charge in [0, 0.05) is 7.11 Å². The van der Waals surface area contributed by atoms with Gasteiger partial charge < -0.3 is 4.74 Å². The maximum absolute atomic E-state index is 11.5. The van der Waals surface area contributed by atoms with E-state index in [1.54, 1.807) is 0 Å². The largest absolute Gasteiger partial charge is 0.492 e. The van der Waals surface area contributed by atoms with Crippen LogP contribution in [0.15, 0.2) is 0 Å². The molecule has 0 fully saturated rings. The quantitative estimate of drug-likeness (QED) is 0.557. The van der Waals surface area contributed by atoms with Crippen molar-refractivity contribution in [2.24, 2.45) is 0 Å². The maximum atomic E-state index is 11.5. The minimum atomic E-state index is -5.91. The number of hydrogen-bond acceptors (Lipinski definition) is 3. The van der Waals surface area contributed by atoms with Gasteiger partial charge in [0.25, 0.3) is 0 Å². The normalized spacial score (nSPS) is 13.8. The Balaban J connectivity index is 4.56. The second-order valence-electron chi connectivity index (χ2n) is 1.11. The van der Waals surface area contributed by atoms with Crippen molar-refractivity contribution in [1.82, 2.24) is 0 Å². The van der Waals surface area contributed by atoms with Crippen LogP contribution in [0.2, 0.25) is 0 Å². The van der Waals surface area contributed by atoms with Crippen LogP contribution in [0.4, 0.5) is 12.7 Å². The SMILES string of the molecule is COC(F)(F)S(=O)(=O)F. The van der Waals surface area contributed by atoms with Crippen LogP contribution in [0, 0.1) is 0 Å². The molecule has 0 saturated heterocycles. The predicted octanol–water partition coefficient (Wildman–Crippen LogP) is 0.482. The van der Waals surface area contributed by atoms with Gasteiger partial charge in [-0.15, -0.1) is 0 Å². The van der Waals surface area contributed by atoms with Crippen LogP contribution in [0.25, 0.3) is 0 Å². The van der Waals surface area contributed by atoms with Gasteiger partial charge in [-0.3, -0.25) is 0 Å². The standard InChI is InChI=1S/C2H3F3O3S/c1-8-2(3,4)9(5,6)7/h1H3. The lowest BCUT2D eigenvalue weighted by atomic mass is 11.4. The van der Waals surface area contributed by atoms with Crippen molar-refractivity contribution in [3.05, 3.63) is 0 Å². The van der Waals surface area contributed by atoms with E-state index >= 15 is 0 Å². The second kappa shape index (κ2) is 2.14. The van der Waals surface area contributed by atoms with Crippen molar-refractivity contribution < 1.29 is 25.8 Å². The summed E-state index contributed by atoms with van der Waals surface area (Å²) < 4.78 is 55.9. The average Bonchev–Trinajstić information content (AvgIpc) is 1.64. The van der Waals surface area contributed by atoms with Crippen LogP contribution in [0.3, 0.4) is 0 Å². The molecule has 0 radical (unpaired) electrons. The summed E-state index contributed by atoms with van der Waals surface area (Å²) in [5.41, 5.74) is -4.72. The molecule has 0 heterocycles. The molecule has 7 heteroatoms. The predicted molar refractivity (Wildman–Crippen MR) is 22.0 cm³/mol. The van der Waals surface area contributed by atoms with Crippen LogP contribution >= 0.6 is 0 Å². The Kier molecular flexibility index (Phi) is 2.07. The fraction of sp³-hybridized carbons (Fsp3) is 1.00. The van der Waals surface area contributed by atoms with Crippen LogP contribution in [-0.4, -0.2) is 21.0 Å². The molecule has 0 aromatic rings. The highest BCUT2D eigenvalue weighted by Crippen LogP contribution is 2.23. The van der Waals surface area contributed by atoms with Crippen molar-refractivity contribution in [2.75, 3.05) is 7.11 Å². The third-order valence-electron chi connectivity index (χ3n) is 0.521. The van der Waals surface area contributed by atoms with E-state index in [0.29, 0.717) is 7.11 Å². The first-order chi connectivity index (χ1) is 3.81.